The second-order valence-corrected chi connectivity index (χ2v) is 4.51. The van der Waals surface area contributed by atoms with Gasteiger partial charge in [0.05, 0.1) is 13.1 Å². The van der Waals surface area contributed by atoms with Crippen molar-refractivity contribution in [2.45, 2.75) is 12.7 Å². The van der Waals surface area contributed by atoms with Crippen molar-refractivity contribution in [3.8, 4) is 0 Å². The van der Waals surface area contributed by atoms with Gasteiger partial charge in [-0.05, 0) is 17.7 Å². The molecule has 0 aromatic heterocycles. The van der Waals surface area contributed by atoms with Crippen LogP contribution in [0.5, 0.6) is 0 Å². The van der Waals surface area contributed by atoms with Gasteiger partial charge in [0.1, 0.15) is 11.8 Å². The molecule has 1 fully saturated rings. The Balaban J connectivity index is 0.000000295. The number of nitrogens with two attached hydrogens (primary N) is 1. The average molecular weight is 322 g/mol. The quantitative estimate of drug-likeness (QED) is 0.712. The average Bonchev–Trinajstić information content (AvgIpc) is 2.43. The Labute approximate surface area is 123 Å². The minimum atomic E-state index is -5.19. The van der Waals surface area contributed by atoms with Gasteiger partial charge in [-0.3, -0.25) is 4.79 Å². The molecule has 1 aromatic carbocycles. The number of hydrogen-bond donors (Lipinski definition) is 1. The molecule has 0 spiro atoms. The van der Waals surface area contributed by atoms with E-state index in [9.17, 15) is 22.4 Å². The van der Waals surface area contributed by atoms with E-state index >= 15 is 0 Å². The zero-order valence-corrected chi connectivity index (χ0v) is 11.4. The van der Waals surface area contributed by atoms with Crippen molar-refractivity contribution in [2.24, 2.45) is 0 Å². The number of carbonyl (C=O) groups is 2. The normalized spacial score (nSPS) is 15.1. The minimum absolute atomic E-state index is 0.158. The van der Waals surface area contributed by atoms with E-state index in [4.69, 9.17) is 9.90 Å². The van der Waals surface area contributed by atoms with E-state index in [0.29, 0.717) is 13.1 Å². The van der Waals surface area contributed by atoms with Crippen LogP contribution in [0.4, 0.5) is 17.6 Å². The third kappa shape index (κ3) is 6.08. The predicted octanol–water partition coefficient (Wildman–Crippen LogP) is -0.970. The summed E-state index contributed by atoms with van der Waals surface area (Å²) in [4.78, 5) is 22.1. The van der Waals surface area contributed by atoms with Gasteiger partial charge in [0, 0.05) is 6.54 Å². The van der Waals surface area contributed by atoms with Crippen molar-refractivity contribution in [2.75, 3.05) is 19.6 Å². The largest absolute Gasteiger partial charge is 0.542 e. The van der Waals surface area contributed by atoms with Gasteiger partial charge in [-0.15, -0.1) is 0 Å². The summed E-state index contributed by atoms with van der Waals surface area (Å²) in [5, 5.41) is 10.8. The number of halogens is 4. The van der Waals surface area contributed by atoms with Crippen LogP contribution in [0.3, 0.4) is 0 Å². The number of piperazine rings is 1. The molecule has 0 radical (unpaired) electrons. The third-order valence-electron chi connectivity index (χ3n) is 2.79. The molecule has 1 saturated heterocycles. The highest BCUT2D eigenvalue weighted by molar-refractivity contribution is 5.77. The summed E-state index contributed by atoms with van der Waals surface area (Å²) in [6.45, 7) is 2.84. The molecule has 0 unspecified atom stereocenters. The molecule has 5 nitrogen and oxygen atoms in total. The van der Waals surface area contributed by atoms with E-state index in [0.717, 1.165) is 18.7 Å². The zero-order chi connectivity index (χ0) is 16.8. The van der Waals surface area contributed by atoms with Gasteiger partial charge in [0.25, 0.3) is 5.91 Å². The van der Waals surface area contributed by atoms with E-state index in [2.05, 4.69) is 0 Å². The lowest BCUT2D eigenvalue weighted by atomic mass is 10.2. The molecule has 2 N–H and O–H groups in total. The summed E-state index contributed by atoms with van der Waals surface area (Å²) in [6, 6.07) is 6.30. The summed E-state index contributed by atoms with van der Waals surface area (Å²) in [5.41, 5.74) is 0.978. The molecule has 0 bridgehead atoms. The van der Waals surface area contributed by atoms with Gasteiger partial charge >= 0.3 is 6.18 Å². The van der Waals surface area contributed by atoms with E-state index in [-0.39, 0.29) is 11.7 Å². The lowest BCUT2D eigenvalue weighted by Crippen LogP contribution is -2.90. The first-order valence-corrected chi connectivity index (χ1v) is 6.32. The topological polar surface area (TPSA) is 77.0 Å². The van der Waals surface area contributed by atoms with Crippen molar-refractivity contribution in [3.05, 3.63) is 35.6 Å². The molecular weight excluding hydrogens is 308 g/mol. The number of rotatable bonds is 2. The van der Waals surface area contributed by atoms with Crippen molar-refractivity contribution < 1.29 is 37.6 Å². The summed E-state index contributed by atoms with van der Waals surface area (Å²) in [5.74, 6) is -3.09. The van der Waals surface area contributed by atoms with Gasteiger partial charge in [0.15, 0.2) is 6.54 Å². The van der Waals surface area contributed by atoms with Gasteiger partial charge in [-0.2, -0.15) is 13.2 Å². The fourth-order valence-corrected chi connectivity index (χ4v) is 1.70. The van der Waals surface area contributed by atoms with Gasteiger partial charge in [-0.25, -0.2) is 4.39 Å². The number of hydrogen-bond acceptors (Lipinski definition) is 3. The minimum Gasteiger partial charge on any atom is -0.542 e. The lowest BCUT2D eigenvalue weighted by Gasteiger charge is -2.25. The van der Waals surface area contributed by atoms with Crippen LogP contribution in [0, 0.1) is 5.82 Å². The number of aliphatic carboxylic acids is 1. The highest BCUT2D eigenvalue weighted by Crippen LogP contribution is 2.11. The van der Waals surface area contributed by atoms with E-state index in [1.165, 1.54) is 12.1 Å². The maximum atomic E-state index is 12.7. The van der Waals surface area contributed by atoms with Gasteiger partial charge in [0.2, 0.25) is 0 Å². The predicted molar refractivity (Wildman–Crippen MR) is 64.5 cm³/mol. The highest BCUT2D eigenvalue weighted by Gasteiger charge is 2.28. The molecule has 0 aliphatic carbocycles. The molecule has 0 atom stereocenters. The van der Waals surface area contributed by atoms with Crippen LogP contribution < -0.4 is 10.4 Å². The van der Waals surface area contributed by atoms with Crippen LogP contribution in [0.1, 0.15) is 5.56 Å². The maximum Gasteiger partial charge on any atom is 0.430 e. The molecule has 22 heavy (non-hydrogen) atoms. The smallest absolute Gasteiger partial charge is 0.430 e. The SMILES string of the molecule is O=C([O-])C(F)(F)F.O=C1C[NH2+]CCN1Cc1ccc(F)cc1. The van der Waals surface area contributed by atoms with Crippen molar-refractivity contribution >= 4 is 11.9 Å². The lowest BCUT2D eigenvalue weighted by molar-refractivity contribution is -0.650. The Morgan fingerprint density at radius 1 is 1.27 bits per heavy atom. The van der Waals surface area contributed by atoms with E-state index < -0.39 is 12.1 Å². The number of amides is 1. The molecule has 0 saturated carbocycles. The standard InChI is InChI=1S/C11H13FN2O.C2HF3O2/c12-10-3-1-9(2-4-10)8-14-6-5-13-7-11(14)15;3-2(4,5)1(6)7/h1-4,13H,5-8H2;(H,6,7). The van der Waals surface area contributed by atoms with Crippen LogP contribution in [0.15, 0.2) is 24.3 Å². The van der Waals surface area contributed by atoms with Crippen molar-refractivity contribution in [1.29, 1.82) is 0 Å². The molecule has 122 valence electrons. The van der Waals surface area contributed by atoms with Crippen LogP contribution in [0.2, 0.25) is 0 Å². The van der Waals surface area contributed by atoms with E-state index in [1.807, 2.05) is 10.2 Å². The first-order valence-electron chi connectivity index (χ1n) is 6.32. The number of benzene rings is 1. The first kappa shape index (κ1) is 17.9. The van der Waals surface area contributed by atoms with Crippen LogP contribution in [-0.2, 0) is 16.1 Å². The molecule has 1 amide bonds. The van der Waals surface area contributed by atoms with Crippen molar-refractivity contribution in [1.82, 2.24) is 4.90 Å². The molecule has 1 aliphatic rings. The zero-order valence-electron chi connectivity index (χ0n) is 11.4. The second kappa shape index (κ2) is 7.74. The Morgan fingerprint density at radius 2 is 1.82 bits per heavy atom. The molecule has 1 heterocycles. The van der Waals surface area contributed by atoms with Crippen molar-refractivity contribution in [3.63, 3.8) is 0 Å². The maximum absolute atomic E-state index is 12.7. The fourth-order valence-electron chi connectivity index (χ4n) is 1.70. The summed E-state index contributed by atoms with van der Waals surface area (Å²) < 4.78 is 44.2. The fraction of sp³-hybridized carbons (Fsp3) is 0.385. The molecule has 2 rings (SSSR count). The Bertz CT molecular complexity index is 517. The number of quaternary nitrogens is 1. The third-order valence-corrected chi connectivity index (χ3v) is 2.79. The molecule has 1 aliphatic heterocycles. The van der Waals surface area contributed by atoms with Crippen LogP contribution >= 0.6 is 0 Å². The number of carboxylic acid groups (broad SMARTS) is 1. The van der Waals surface area contributed by atoms with Gasteiger partial charge < -0.3 is 20.1 Å². The summed E-state index contributed by atoms with van der Waals surface area (Å²) >= 11 is 0. The second-order valence-electron chi connectivity index (χ2n) is 4.51. The number of carboxylic acids is 1. The molecule has 9 heteroatoms. The number of carbonyl (C=O) groups excluding carboxylic acids is 2. The molecular formula is C13H14F4N2O3. The Hall–Kier alpha value is -2.16. The Kier molecular flexibility index (Phi) is 6.29. The molecule has 1 aromatic rings. The van der Waals surface area contributed by atoms with Crippen LogP contribution in [0.25, 0.3) is 0 Å². The monoisotopic (exact) mass is 322 g/mol. The highest BCUT2D eigenvalue weighted by atomic mass is 19.4. The van der Waals surface area contributed by atoms with Gasteiger partial charge in [-0.1, -0.05) is 12.1 Å². The summed E-state index contributed by atoms with van der Waals surface area (Å²) in [7, 11) is 0. The number of nitrogens with zero attached hydrogens (tertiary/aromatic N) is 1. The Morgan fingerprint density at radius 3 is 2.27 bits per heavy atom. The van der Waals surface area contributed by atoms with E-state index in [1.54, 1.807) is 12.1 Å². The first-order chi connectivity index (χ1) is 10.2. The number of alkyl halides is 3. The summed E-state index contributed by atoms with van der Waals surface area (Å²) in [6.07, 6.45) is -5.19. The van der Waals surface area contributed by atoms with Crippen LogP contribution in [-0.4, -0.2) is 42.6 Å².